The number of rotatable bonds is 6. The number of nitrogens with zero attached hydrogens (tertiary/aromatic N) is 1. The van der Waals surface area contributed by atoms with Gasteiger partial charge < -0.3 is 10.1 Å². The fourth-order valence-electron chi connectivity index (χ4n) is 1.73. The number of aromatic nitrogens is 1. The van der Waals surface area contributed by atoms with Crippen molar-refractivity contribution in [3.8, 4) is 11.5 Å². The van der Waals surface area contributed by atoms with E-state index >= 15 is 0 Å². The minimum Gasteiger partial charge on any atom is -0.457 e. The van der Waals surface area contributed by atoms with E-state index < -0.39 is 0 Å². The van der Waals surface area contributed by atoms with Gasteiger partial charge in [-0.2, -0.15) is 0 Å². The molecule has 0 saturated heterocycles. The highest BCUT2D eigenvalue weighted by molar-refractivity contribution is 6.34. The first kappa shape index (κ1) is 15.1. The highest BCUT2D eigenvalue weighted by Crippen LogP contribution is 2.28. The fourth-order valence-corrected chi connectivity index (χ4v) is 2.24. The van der Waals surface area contributed by atoms with Crippen LogP contribution in [0.2, 0.25) is 10.0 Å². The molecule has 1 N–H and O–H groups in total. The van der Waals surface area contributed by atoms with Gasteiger partial charge in [-0.15, -0.1) is 0 Å². The van der Waals surface area contributed by atoms with Crippen molar-refractivity contribution in [1.29, 1.82) is 0 Å². The van der Waals surface area contributed by atoms with Gasteiger partial charge in [-0.1, -0.05) is 30.1 Å². The Labute approximate surface area is 128 Å². The summed E-state index contributed by atoms with van der Waals surface area (Å²) in [4.78, 5) is 4.29. The molecule has 0 aliphatic carbocycles. The second kappa shape index (κ2) is 7.48. The normalized spacial score (nSPS) is 10.6. The third-order valence-electron chi connectivity index (χ3n) is 2.59. The van der Waals surface area contributed by atoms with Crippen LogP contribution >= 0.6 is 23.2 Å². The van der Waals surface area contributed by atoms with Crippen molar-refractivity contribution in [3.05, 3.63) is 52.3 Å². The first-order valence-corrected chi connectivity index (χ1v) is 7.22. The summed E-state index contributed by atoms with van der Waals surface area (Å²) in [5.41, 5.74) is 0.934. The van der Waals surface area contributed by atoms with Crippen molar-refractivity contribution in [3.63, 3.8) is 0 Å². The maximum Gasteiger partial charge on any atom is 0.130 e. The van der Waals surface area contributed by atoms with Crippen LogP contribution in [0.4, 0.5) is 0 Å². The topological polar surface area (TPSA) is 34.1 Å². The fraction of sp³-hybridized carbons (Fsp3) is 0.267. The lowest BCUT2D eigenvalue weighted by Gasteiger charge is -2.08. The number of pyridine rings is 1. The Balaban J connectivity index is 2.07. The maximum atomic E-state index is 5.95. The first-order valence-electron chi connectivity index (χ1n) is 6.47. The molecule has 1 aromatic heterocycles. The molecular weight excluding hydrogens is 295 g/mol. The molecule has 0 aliphatic rings. The van der Waals surface area contributed by atoms with Crippen LogP contribution in [0.15, 0.2) is 36.5 Å². The molecule has 5 heteroatoms. The van der Waals surface area contributed by atoms with Gasteiger partial charge in [0.1, 0.15) is 11.5 Å². The standard InChI is InChI=1S/C15H16Cl2N2O/c1-2-4-18-10-13-9-14(3-5-19-13)20-15-7-11(16)6-12(17)8-15/h3,5-9,18H,2,4,10H2,1H3. The average Bonchev–Trinajstić information content (AvgIpc) is 2.38. The molecule has 20 heavy (non-hydrogen) atoms. The van der Waals surface area contributed by atoms with Crippen molar-refractivity contribution < 1.29 is 4.74 Å². The van der Waals surface area contributed by atoms with Crippen molar-refractivity contribution in [2.24, 2.45) is 0 Å². The van der Waals surface area contributed by atoms with E-state index in [1.807, 2.05) is 6.07 Å². The molecule has 0 spiro atoms. The van der Waals surface area contributed by atoms with Crippen molar-refractivity contribution in [2.45, 2.75) is 19.9 Å². The monoisotopic (exact) mass is 310 g/mol. The van der Waals surface area contributed by atoms with Crippen LogP contribution in [0.25, 0.3) is 0 Å². The van der Waals surface area contributed by atoms with Gasteiger partial charge in [0, 0.05) is 28.9 Å². The van der Waals surface area contributed by atoms with Crippen molar-refractivity contribution >= 4 is 23.2 Å². The molecular formula is C15H16Cl2N2O. The molecule has 1 heterocycles. The summed E-state index contributed by atoms with van der Waals surface area (Å²) in [5, 5.41) is 4.40. The van der Waals surface area contributed by atoms with Crippen LogP contribution in [-0.4, -0.2) is 11.5 Å². The quantitative estimate of drug-likeness (QED) is 0.787. The molecule has 2 aromatic rings. The molecule has 0 aliphatic heterocycles. The Morgan fingerprint density at radius 2 is 1.85 bits per heavy atom. The van der Waals surface area contributed by atoms with E-state index in [0.717, 1.165) is 25.2 Å². The molecule has 1 aromatic carbocycles. The molecule has 0 radical (unpaired) electrons. The highest BCUT2D eigenvalue weighted by Gasteiger charge is 2.03. The van der Waals surface area contributed by atoms with Crippen LogP contribution < -0.4 is 10.1 Å². The summed E-state index contributed by atoms with van der Waals surface area (Å²) >= 11 is 11.9. The minimum absolute atomic E-state index is 0.548. The highest BCUT2D eigenvalue weighted by atomic mass is 35.5. The lowest BCUT2D eigenvalue weighted by atomic mass is 10.3. The van der Waals surface area contributed by atoms with Gasteiger partial charge >= 0.3 is 0 Å². The molecule has 0 unspecified atom stereocenters. The van der Waals surface area contributed by atoms with Gasteiger partial charge in [-0.3, -0.25) is 4.98 Å². The molecule has 106 valence electrons. The van der Waals surface area contributed by atoms with Crippen molar-refractivity contribution in [2.75, 3.05) is 6.54 Å². The minimum atomic E-state index is 0.548. The van der Waals surface area contributed by atoms with Crippen LogP contribution in [0.3, 0.4) is 0 Å². The third-order valence-corrected chi connectivity index (χ3v) is 3.03. The molecule has 0 atom stereocenters. The van der Waals surface area contributed by atoms with E-state index in [9.17, 15) is 0 Å². The van der Waals surface area contributed by atoms with E-state index in [2.05, 4.69) is 17.2 Å². The summed E-state index contributed by atoms with van der Waals surface area (Å²) in [5.74, 6) is 1.33. The second-order valence-electron chi connectivity index (χ2n) is 4.37. The Kier molecular flexibility index (Phi) is 5.65. The summed E-state index contributed by atoms with van der Waals surface area (Å²) in [7, 11) is 0. The van der Waals surface area contributed by atoms with E-state index in [4.69, 9.17) is 27.9 Å². The Morgan fingerprint density at radius 1 is 1.10 bits per heavy atom. The number of nitrogens with one attached hydrogen (secondary N) is 1. The van der Waals surface area contributed by atoms with E-state index in [0.29, 0.717) is 21.5 Å². The Morgan fingerprint density at radius 3 is 2.55 bits per heavy atom. The average molecular weight is 311 g/mol. The molecule has 0 saturated carbocycles. The number of ether oxygens (including phenoxy) is 1. The van der Waals surface area contributed by atoms with Gasteiger partial charge in [0.2, 0.25) is 0 Å². The Hall–Kier alpha value is -1.29. The predicted octanol–water partition coefficient (Wildman–Crippen LogP) is 4.68. The zero-order valence-electron chi connectivity index (χ0n) is 11.2. The summed E-state index contributed by atoms with van der Waals surface area (Å²) in [6.45, 7) is 3.82. The lowest BCUT2D eigenvalue weighted by Crippen LogP contribution is -2.14. The molecule has 0 amide bonds. The number of hydrogen-bond donors (Lipinski definition) is 1. The Bertz CT molecular complexity index is 555. The number of hydrogen-bond acceptors (Lipinski definition) is 3. The molecule has 2 rings (SSSR count). The van der Waals surface area contributed by atoms with Gasteiger partial charge in [0.05, 0.1) is 5.69 Å². The van der Waals surface area contributed by atoms with Gasteiger partial charge in [0.15, 0.2) is 0 Å². The summed E-state index contributed by atoms with van der Waals surface area (Å²) in [6.07, 6.45) is 2.82. The maximum absolute atomic E-state index is 5.95. The van der Waals surface area contributed by atoms with Gasteiger partial charge in [0.25, 0.3) is 0 Å². The van der Waals surface area contributed by atoms with E-state index in [1.165, 1.54) is 0 Å². The zero-order chi connectivity index (χ0) is 14.4. The first-order chi connectivity index (χ1) is 9.67. The largest absolute Gasteiger partial charge is 0.457 e. The molecule has 3 nitrogen and oxygen atoms in total. The SMILES string of the molecule is CCCNCc1cc(Oc2cc(Cl)cc(Cl)c2)ccn1. The predicted molar refractivity (Wildman–Crippen MR) is 82.8 cm³/mol. The number of benzene rings is 1. The zero-order valence-corrected chi connectivity index (χ0v) is 12.7. The van der Waals surface area contributed by atoms with E-state index in [1.54, 1.807) is 30.5 Å². The third kappa shape index (κ3) is 4.67. The van der Waals surface area contributed by atoms with Crippen LogP contribution in [-0.2, 0) is 6.54 Å². The molecule has 0 fully saturated rings. The molecule has 0 bridgehead atoms. The smallest absolute Gasteiger partial charge is 0.130 e. The number of halogens is 2. The lowest BCUT2D eigenvalue weighted by molar-refractivity contribution is 0.480. The van der Waals surface area contributed by atoms with E-state index in [-0.39, 0.29) is 0 Å². The summed E-state index contributed by atoms with van der Waals surface area (Å²) < 4.78 is 5.75. The van der Waals surface area contributed by atoms with Crippen molar-refractivity contribution in [1.82, 2.24) is 10.3 Å². The van der Waals surface area contributed by atoms with Gasteiger partial charge in [-0.25, -0.2) is 0 Å². The van der Waals surface area contributed by atoms with Gasteiger partial charge in [-0.05, 0) is 37.2 Å². The second-order valence-corrected chi connectivity index (χ2v) is 5.24. The summed E-state index contributed by atoms with van der Waals surface area (Å²) in [6, 6.07) is 8.82. The van der Waals surface area contributed by atoms with Crippen LogP contribution in [0.5, 0.6) is 11.5 Å². The van der Waals surface area contributed by atoms with Crippen LogP contribution in [0.1, 0.15) is 19.0 Å². The van der Waals surface area contributed by atoms with Crippen LogP contribution in [0, 0.1) is 0 Å².